The predicted octanol–water partition coefficient (Wildman–Crippen LogP) is 5.01. The zero-order valence-corrected chi connectivity index (χ0v) is 20.1. The van der Waals surface area contributed by atoms with Crippen molar-refractivity contribution in [2.45, 2.75) is 85.0 Å². The van der Waals surface area contributed by atoms with Gasteiger partial charge in [0.2, 0.25) is 8.32 Å². The van der Waals surface area contributed by atoms with Crippen LogP contribution in [0.5, 0.6) is 0 Å². The number of rotatable bonds is 10. The van der Waals surface area contributed by atoms with Crippen LogP contribution in [0, 0.1) is 0 Å². The van der Waals surface area contributed by atoms with Crippen LogP contribution in [0.25, 0.3) is 0 Å². The Morgan fingerprint density at radius 2 is 1.29 bits per heavy atom. The highest BCUT2D eigenvalue weighted by Crippen LogP contribution is 2.27. The van der Waals surface area contributed by atoms with Gasteiger partial charge in [-0.2, -0.15) is 0 Å². The number of carboxylic acid groups (broad SMARTS) is 1. The summed E-state index contributed by atoms with van der Waals surface area (Å²) in [7, 11) is -5.94. The molecule has 0 atom stereocenters. The lowest BCUT2D eigenvalue weighted by atomic mass is 10.1. The first-order chi connectivity index (χ1) is 10.6. The van der Waals surface area contributed by atoms with Gasteiger partial charge in [-0.3, -0.25) is 0 Å². The minimum absolute atomic E-state index is 0.143. The van der Waals surface area contributed by atoms with E-state index in [1.54, 1.807) is 0 Å². The fourth-order valence-corrected chi connectivity index (χ4v) is 4.64. The largest absolute Gasteiger partial charge is 0.547 e. The monoisotopic (exact) mass is 392 g/mol. The van der Waals surface area contributed by atoms with Crippen LogP contribution in [-0.4, -0.2) is 42.3 Å². The number of carboxylic acids is 1. The molecule has 0 heterocycles. The number of carbonyl (C=O) groups is 1. The third-order valence-corrected chi connectivity index (χ3v) is 5.30. The molecule has 0 spiro atoms. The maximum Gasteiger partial charge on any atom is 0.340 e. The molecular weight excluding hydrogens is 356 g/mol. The maximum absolute atomic E-state index is 12.1. The Kier molecular flexibility index (Phi) is 8.64. The molecule has 0 rings (SSSR count). The average Bonchev–Trinajstić information content (AvgIpc) is 2.21. The van der Waals surface area contributed by atoms with Gasteiger partial charge in [0.25, 0.3) is 0 Å². The molecule has 24 heavy (non-hydrogen) atoms. The average molecular weight is 393 g/mol. The molecule has 0 unspecified atom stereocenters. The molecule has 1 N–H and O–H groups in total. The third-order valence-electron chi connectivity index (χ3n) is 2.59. The van der Waals surface area contributed by atoms with Crippen molar-refractivity contribution in [3.63, 3.8) is 0 Å². The highest BCUT2D eigenvalue weighted by atomic mass is 28.4. The summed E-state index contributed by atoms with van der Waals surface area (Å²) in [4.78, 5) is 12.1. The van der Waals surface area contributed by atoms with Crippen molar-refractivity contribution in [2.24, 2.45) is 0 Å². The lowest BCUT2D eigenvalue weighted by Crippen LogP contribution is -2.43. The summed E-state index contributed by atoms with van der Waals surface area (Å²) in [6.07, 6.45) is 0.522. The van der Waals surface area contributed by atoms with Gasteiger partial charge in [0.05, 0.1) is 5.76 Å². The molecule has 0 fully saturated rings. The first kappa shape index (κ1) is 23.6. The standard InChI is InChI=1S/C16H36O5Si3/c1-11-12-13(19-22(2,3)4)14(15(17)18)16(20-23(5,6)7)21-24(8,9)10/h16H,11-12H2,1-10H3,(H,17,18). The van der Waals surface area contributed by atoms with Gasteiger partial charge in [-0.25, -0.2) is 4.79 Å². The van der Waals surface area contributed by atoms with Gasteiger partial charge in [0.1, 0.15) is 5.57 Å². The van der Waals surface area contributed by atoms with Gasteiger partial charge in [0, 0.05) is 6.42 Å². The molecule has 0 saturated heterocycles. The van der Waals surface area contributed by atoms with Crippen molar-refractivity contribution in [3.05, 3.63) is 11.3 Å². The third kappa shape index (κ3) is 10.4. The first-order valence-corrected chi connectivity index (χ1v) is 18.8. The van der Waals surface area contributed by atoms with E-state index in [-0.39, 0.29) is 5.57 Å². The predicted molar refractivity (Wildman–Crippen MR) is 107 cm³/mol. The Balaban J connectivity index is 6.09. The second kappa shape index (κ2) is 8.79. The van der Waals surface area contributed by atoms with E-state index in [0.717, 1.165) is 6.42 Å². The van der Waals surface area contributed by atoms with Crippen molar-refractivity contribution < 1.29 is 23.2 Å². The van der Waals surface area contributed by atoms with Crippen LogP contribution in [0.4, 0.5) is 0 Å². The van der Waals surface area contributed by atoms with Gasteiger partial charge in [-0.15, -0.1) is 0 Å². The van der Waals surface area contributed by atoms with E-state index in [9.17, 15) is 9.90 Å². The molecule has 0 aromatic rings. The van der Waals surface area contributed by atoms with Crippen LogP contribution in [0.1, 0.15) is 19.8 Å². The molecule has 142 valence electrons. The summed E-state index contributed by atoms with van der Waals surface area (Å²) < 4.78 is 18.4. The maximum atomic E-state index is 12.1. The minimum Gasteiger partial charge on any atom is -0.547 e. The molecule has 0 saturated carbocycles. The van der Waals surface area contributed by atoms with Gasteiger partial charge < -0.3 is 18.4 Å². The molecule has 0 bridgehead atoms. The van der Waals surface area contributed by atoms with Crippen molar-refractivity contribution in [1.29, 1.82) is 0 Å². The summed E-state index contributed by atoms with van der Waals surface area (Å²) in [6, 6.07) is 0. The molecule has 0 radical (unpaired) electrons. The second-order valence-corrected chi connectivity index (χ2v) is 22.2. The summed E-state index contributed by atoms with van der Waals surface area (Å²) in [5, 5.41) is 9.88. The van der Waals surface area contributed by atoms with E-state index in [0.29, 0.717) is 12.2 Å². The van der Waals surface area contributed by atoms with E-state index < -0.39 is 37.2 Å². The van der Waals surface area contributed by atoms with Crippen LogP contribution < -0.4 is 0 Å². The molecule has 5 nitrogen and oxygen atoms in total. The number of allylic oxidation sites excluding steroid dienone is 1. The Bertz CT molecular complexity index is 440. The summed E-state index contributed by atoms with van der Waals surface area (Å²) in [6.45, 7) is 20.4. The van der Waals surface area contributed by atoms with E-state index >= 15 is 0 Å². The smallest absolute Gasteiger partial charge is 0.340 e. The van der Waals surface area contributed by atoms with E-state index in [4.69, 9.17) is 13.3 Å². The molecule has 0 aromatic heterocycles. The van der Waals surface area contributed by atoms with Crippen LogP contribution >= 0.6 is 0 Å². The fraction of sp³-hybridized carbons (Fsp3) is 0.812. The number of aliphatic carboxylic acids is 1. The lowest BCUT2D eigenvalue weighted by Gasteiger charge is -2.33. The topological polar surface area (TPSA) is 65.0 Å². The molecule has 0 aliphatic heterocycles. The number of hydrogen-bond acceptors (Lipinski definition) is 4. The quantitative estimate of drug-likeness (QED) is 0.245. The fourth-order valence-electron chi connectivity index (χ4n) is 1.97. The molecule has 0 aliphatic rings. The van der Waals surface area contributed by atoms with Crippen LogP contribution in [0.3, 0.4) is 0 Å². The lowest BCUT2D eigenvalue weighted by molar-refractivity contribution is -0.136. The van der Waals surface area contributed by atoms with E-state index in [1.165, 1.54) is 0 Å². The van der Waals surface area contributed by atoms with Gasteiger partial charge in [-0.1, -0.05) is 6.92 Å². The van der Waals surface area contributed by atoms with Crippen molar-refractivity contribution in [2.75, 3.05) is 0 Å². The first-order valence-electron chi connectivity index (χ1n) is 8.56. The van der Waals surface area contributed by atoms with Crippen LogP contribution in [0.2, 0.25) is 58.9 Å². The highest BCUT2D eigenvalue weighted by Gasteiger charge is 2.36. The van der Waals surface area contributed by atoms with Crippen molar-refractivity contribution in [1.82, 2.24) is 0 Å². The van der Waals surface area contributed by atoms with E-state index in [1.807, 2.05) is 46.2 Å². The summed E-state index contributed by atoms with van der Waals surface area (Å²) in [5.41, 5.74) is 0.143. The normalized spacial score (nSPS) is 14.6. The number of hydrogen-bond donors (Lipinski definition) is 1. The molecule has 0 amide bonds. The summed E-state index contributed by atoms with van der Waals surface area (Å²) in [5.74, 6) is -0.496. The molecule has 0 aliphatic carbocycles. The van der Waals surface area contributed by atoms with E-state index in [2.05, 4.69) is 19.6 Å². The Hall–Kier alpha value is -0.419. The second-order valence-electron chi connectivity index (χ2n) is 8.90. The van der Waals surface area contributed by atoms with Gasteiger partial charge >= 0.3 is 5.97 Å². The molecular formula is C16H36O5Si3. The zero-order chi connectivity index (χ0) is 19.3. The minimum atomic E-state index is -2.00. The highest BCUT2D eigenvalue weighted by molar-refractivity contribution is 6.71. The van der Waals surface area contributed by atoms with Gasteiger partial charge in [0.15, 0.2) is 22.9 Å². The summed E-state index contributed by atoms with van der Waals surface area (Å²) >= 11 is 0. The zero-order valence-electron chi connectivity index (χ0n) is 17.1. The van der Waals surface area contributed by atoms with Crippen LogP contribution in [-0.2, 0) is 18.1 Å². The van der Waals surface area contributed by atoms with Crippen LogP contribution in [0.15, 0.2) is 11.3 Å². The Morgan fingerprint density at radius 1 is 0.875 bits per heavy atom. The Morgan fingerprint density at radius 3 is 1.54 bits per heavy atom. The van der Waals surface area contributed by atoms with Crippen molar-refractivity contribution in [3.8, 4) is 0 Å². The SMILES string of the molecule is CCCC(O[Si](C)(C)C)=C(C(=O)O)C(O[Si](C)(C)C)O[Si](C)(C)C. The molecule has 8 heteroatoms. The molecule has 0 aromatic carbocycles. The Labute approximate surface area is 150 Å². The van der Waals surface area contributed by atoms with Gasteiger partial charge in [-0.05, 0) is 65.3 Å². The van der Waals surface area contributed by atoms with Crippen molar-refractivity contribution >= 4 is 30.9 Å².